The molecule has 0 bridgehead atoms. The number of morpholine rings is 1. The molecular formula is C18H21F3N6O3S. The van der Waals surface area contributed by atoms with Gasteiger partial charge in [-0.15, -0.1) is 10.2 Å². The molecule has 2 aromatic rings. The van der Waals surface area contributed by atoms with E-state index in [4.69, 9.17) is 4.74 Å². The molecule has 1 aliphatic rings. The van der Waals surface area contributed by atoms with E-state index in [1.54, 1.807) is 9.88 Å². The molecule has 2 heterocycles. The van der Waals surface area contributed by atoms with Crippen LogP contribution in [-0.2, 0) is 9.53 Å². The Morgan fingerprint density at radius 1 is 1.23 bits per heavy atom. The van der Waals surface area contributed by atoms with Crippen LogP contribution in [0, 0.1) is 6.92 Å². The Labute approximate surface area is 180 Å². The fraction of sp³-hybridized carbons (Fsp3) is 0.444. The van der Waals surface area contributed by atoms with Crippen LogP contribution < -0.4 is 15.5 Å². The van der Waals surface area contributed by atoms with E-state index in [0.717, 1.165) is 23.0 Å². The molecule has 2 N–H and O–H groups in total. The summed E-state index contributed by atoms with van der Waals surface area (Å²) >= 11 is 1.02. The Balaban J connectivity index is 1.71. The van der Waals surface area contributed by atoms with Gasteiger partial charge < -0.3 is 15.0 Å². The molecule has 0 atom stereocenters. The van der Waals surface area contributed by atoms with Crippen molar-refractivity contribution >= 4 is 29.6 Å². The van der Waals surface area contributed by atoms with Crippen molar-refractivity contribution in [2.45, 2.75) is 18.3 Å². The topological polar surface area (TPSA) is 101 Å². The fourth-order valence-corrected chi connectivity index (χ4v) is 3.58. The third kappa shape index (κ3) is 6.59. The number of thioether (sulfide) groups is 1. The van der Waals surface area contributed by atoms with Gasteiger partial charge in [0.1, 0.15) is 6.54 Å². The highest BCUT2D eigenvalue weighted by Crippen LogP contribution is 2.27. The molecule has 0 spiro atoms. The van der Waals surface area contributed by atoms with Crippen molar-refractivity contribution in [3.05, 3.63) is 29.8 Å². The molecule has 0 unspecified atom stereocenters. The molecule has 1 aliphatic heterocycles. The van der Waals surface area contributed by atoms with Crippen LogP contribution in [0.4, 0.5) is 23.9 Å². The number of urea groups is 1. The van der Waals surface area contributed by atoms with Gasteiger partial charge in [0.15, 0.2) is 5.16 Å². The summed E-state index contributed by atoms with van der Waals surface area (Å²) in [6.07, 6.45) is -4.56. The summed E-state index contributed by atoms with van der Waals surface area (Å²) < 4.78 is 43.6. The molecule has 3 amide bonds. The van der Waals surface area contributed by atoms with Crippen molar-refractivity contribution in [3.63, 3.8) is 0 Å². The fourth-order valence-electron chi connectivity index (χ4n) is 2.83. The van der Waals surface area contributed by atoms with Crippen molar-refractivity contribution in [1.29, 1.82) is 0 Å². The number of imide groups is 1. The van der Waals surface area contributed by atoms with Crippen LogP contribution in [0.15, 0.2) is 29.4 Å². The Hall–Kier alpha value is -2.80. The molecule has 0 saturated carbocycles. The number of nitrogens with one attached hydrogen (secondary N) is 2. The van der Waals surface area contributed by atoms with Crippen LogP contribution in [0.25, 0.3) is 5.69 Å². The molecule has 9 nitrogen and oxygen atoms in total. The number of hydrogen-bond donors (Lipinski definition) is 2. The number of aryl methyl sites for hydroxylation is 1. The number of benzene rings is 1. The number of halogens is 3. The van der Waals surface area contributed by atoms with E-state index in [1.807, 2.05) is 41.4 Å². The van der Waals surface area contributed by atoms with Gasteiger partial charge in [0.25, 0.3) is 0 Å². The molecule has 13 heteroatoms. The highest BCUT2D eigenvalue weighted by molar-refractivity contribution is 7.99. The van der Waals surface area contributed by atoms with E-state index < -0.39 is 24.7 Å². The summed E-state index contributed by atoms with van der Waals surface area (Å²) in [4.78, 5) is 25.5. The normalized spacial score (nSPS) is 14.4. The van der Waals surface area contributed by atoms with Crippen LogP contribution in [-0.4, -0.2) is 71.5 Å². The van der Waals surface area contributed by atoms with E-state index in [1.165, 1.54) is 0 Å². The van der Waals surface area contributed by atoms with Gasteiger partial charge in [-0.25, -0.2) is 4.79 Å². The van der Waals surface area contributed by atoms with E-state index in [9.17, 15) is 22.8 Å². The Morgan fingerprint density at radius 3 is 2.65 bits per heavy atom. The predicted octanol–water partition coefficient (Wildman–Crippen LogP) is 1.89. The van der Waals surface area contributed by atoms with Crippen molar-refractivity contribution in [2.75, 3.05) is 43.5 Å². The number of ether oxygens (including phenoxy) is 1. The first-order valence-electron chi connectivity index (χ1n) is 9.35. The Morgan fingerprint density at radius 2 is 1.97 bits per heavy atom. The third-order valence-electron chi connectivity index (χ3n) is 4.20. The Bertz CT molecular complexity index is 931. The number of carbonyl (C=O) groups excluding carboxylic acids is 2. The van der Waals surface area contributed by atoms with Gasteiger partial charge >= 0.3 is 12.2 Å². The number of aromatic nitrogens is 3. The number of amides is 3. The first kappa shape index (κ1) is 22.9. The minimum absolute atomic E-state index is 0.230. The number of anilines is 1. The number of nitrogens with zero attached hydrogens (tertiary/aromatic N) is 4. The molecule has 3 rings (SSSR count). The first-order chi connectivity index (χ1) is 14.7. The maximum Gasteiger partial charge on any atom is 0.405 e. The third-order valence-corrected chi connectivity index (χ3v) is 5.13. The first-order valence-corrected chi connectivity index (χ1v) is 10.3. The highest BCUT2D eigenvalue weighted by atomic mass is 32.2. The van der Waals surface area contributed by atoms with E-state index in [0.29, 0.717) is 37.4 Å². The zero-order valence-electron chi connectivity index (χ0n) is 16.6. The molecule has 168 valence electrons. The standard InChI is InChI=1S/C18H21F3N6O3S/c1-12-3-2-4-13(9-12)27-16(26-5-7-30-8-6-26)24-25-17(27)31-10-14(28)23-15(29)22-11-18(19,20)21/h2-4,9H,5-8,10-11H2,1H3,(H2,22,23,28,29). The summed E-state index contributed by atoms with van der Waals surface area (Å²) in [5.74, 6) is -0.386. The maximum absolute atomic E-state index is 12.2. The second-order valence-electron chi connectivity index (χ2n) is 6.69. The van der Waals surface area contributed by atoms with Gasteiger partial charge in [-0.1, -0.05) is 23.9 Å². The van der Waals surface area contributed by atoms with E-state index in [2.05, 4.69) is 10.2 Å². The summed E-state index contributed by atoms with van der Waals surface area (Å²) in [6, 6.07) is 6.45. The van der Waals surface area contributed by atoms with Gasteiger partial charge in [0, 0.05) is 13.1 Å². The molecule has 1 aromatic carbocycles. The minimum atomic E-state index is -4.56. The van der Waals surface area contributed by atoms with Gasteiger partial charge in [0.05, 0.1) is 24.7 Å². The Kier molecular flexibility index (Phi) is 7.38. The number of alkyl halides is 3. The SMILES string of the molecule is Cc1cccc(-n2c(SCC(=O)NC(=O)NCC(F)(F)F)nnc2N2CCOCC2)c1. The summed E-state index contributed by atoms with van der Waals surface area (Å²) in [7, 11) is 0. The van der Waals surface area contributed by atoms with Crippen LogP contribution in [0.2, 0.25) is 0 Å². The molecule has 31 heavy (non-hydrogen) atoms. The molecular weight excluding hydrogens is 437 g/mol. The second kappa shape index (κ2) is 10.0. The molecule has 1 saturated heterocycles. The predicted molar refractivity (Wildman–Crippen MR) is 107 cm³/mol. The molecule has 0 aliphatic carbocycles. The van der Waals surface area contributed by atoms with Gasteiger partial charge in [0.2, 0.25) is 11.9 Å². The number of hydrogen-bond acceptors (Lipinski definition) is 7. The monoisotopic (exact) mass is 458 g/mol. The van der Waals surface area contributed by atoms with Crippen molar-refractivity contribution in [1.82, 2.24) is 25.4 Å². The van der Waals surface area contributed by atoms with Gasteiger partial charge in [-0.05, 0) is 24.6 Å². The molecule has 1 fully saturated rings. The maximum atomic E-state index is 12.2. The average molecular weight is 458 g/mol. The summed E-state index contributed by atoms with van der Waals surface area (Å²) in [5, 5.41) is 12.3. The van der Waals surface area contributed by atoms with E-state index in [-0.39, 0.29) is 5.75 Å². The smallest absolute Gasteiger partial charge is 0.378 e. The molecule has 1 aromatic heterocycles. The number of carbonyl (C=O) groups is 2. The lowest BCUT2D eigenvalue weighted by atomic mass is 10.2. The van der Waals surface area contributed by atoms with E-state index >= 15 is 0 Å². The molecule has 0 radical (unpaired) electrons. The average Bonchev–Trinajstić information content (AvgIpc) is 3.15. The van der Waals surface area contributed by atoms with Crippen LogP contribution in [0.5, 0.6) is 0 Å². The minimum Gasteiger partial charge on any atom is -0.378 e. The van der Waals surface area contributed by atoms with Crippen molar-refractivity contribution in [3.8, 4) is 5.69 Å². The lowest BCUT2D eigenvalue weighted by Gasteiger charge is -2.28. The van der Waals surface area contributed by atoms with Crippen LogP contribution in [0.3, 0.4) is 0 Å². The number of rotatable bonds is 6. The van der Waals surface area contributed by atoms with Gasteiger partial charge in [-0.3, -0.25) is 14.7 Å². The summed E-state index contributed by atoms with van der Waals surface area (Å²) in [6.45, 7) is 2.80. The van der Waals surface area contributed by atoms with Gasteiger partial charge in [-0.2, -0.15) is 13.2 Å². The zero-order chi connectivity index (χ0) is 22.4. The van der Waals surface area contributed by atoms with Crippen LogP contribution >= 0.6 is 11.8 Å². The lowest BCUT2D eigenvalue weighted by molar-refractivity contribution is -0.124. The second-order valence-corrected chi connectivity index (χ2v) is 7.63. The lowest BCUT2D eigenvalue weighted by Crippen LogP contribution is -2.43. The summed E-state index contributed by atoms with van der Waals surface area (Å²) in [5.41, 5.74) is 1.83. The van der Waals surface area contributed by atoms with Crippen molar-refractivity contribution in [2.24, 2.45) is 0 Å². The highest BCUT2D eigenvalue weighted by Gasteiger charge is 2.28. The zero-order valence-corrected chi connectivity index (χ0v) is 17.4. The quantitative estimate of drug-likeness (QED) is 0.638. The largest absolute Gasteiger partial charge is 0.405 e. The van der Waals surface area contributed by atoms with Crippen molar-refractivity contribution < 1.29 is 27.5 Å². The van der Waals surface area contributed by atoms with Crippen LogP contribution in [0.1, 0.15) is 5.56 Å².